The van der Waals surface area contributed by atoms with Crippen molar-refractivity contribution in [2.75, 3.05) is 6.61 Å². The Balaban J connectivity index is 3.40. The third-order valence-electron chi connectivity index (χ3n) is 3.04. The van der Waals surface area contributed by atoms with Gasteiger partial charge in [0.15, 0.2) is 0 Å². The molecular formula is C17H28O4. The van der Waals surface area contributed by atoms with Crippen molar-refractivity contribution in [3.63, 3.8) is 0 Å². The zero-order valence-corrected chi connectivity index (χ0v) is 13.1. The van der Waals surface area contributed by atoms with E-state index in [4.69, 9.17) is 9.84 Å². The van der Waals surface area contributed by atoms with Crippen LogP contribution in [0, 0.1) is 0 Å². The fourth-order valence-corrected chi connectivity index (χ4v) is 1.80. The van der Waals surface area contributed by atoms with Crippen LogP contribution in [0.3, 0.4) is 0 Å². The quantitative estimate of drug-likeness (QED) is 0.239. The molecule has 0 aliphatic rings. The highest BCUT2D eigenvalue weighted by molar-refractivity contribution is 5.92. The minimum atomic E-state index is -1.07. The summed E-state index contributed by atoms with van der Waals surface area (Å²) in [5.41, 5.74) is -0.000263. The number of rotatable bonds is 13. The van der Waals surface area contributed by atoms with Crippen LogP contribution in [0.25, 0.3) is 0 Å². The number of aliphatic carboxylic acids is 1. The van der Waals surface area contributed by atoms with Gasteiger partial charge in [0.2, 0.25) is 0 Å². The van der Waals surface area contributed by atoms with Crippen molar-refractivity contribution in [1.82, 2.24) is 0 Å². The van der Waals surface area contributed by atoms with E-state index in [2.05, 4.69) is 25.7 Å². The van der Waals surface area contributed by atoms with Crippen LogP contribution in [-0.2, 0) is 14.3 Å². The Hall–Kier alpha value is -1.58. The summed E-state index contributed by atoms with van der Waals surface area (Å²) in [6, 6.07) is 0. The lowest BCUT2D eigenvalue weighted by atomic mass is 10.1. The minimum Gasteiger partial charge on any atom is -0.481 e. The van der Waals surface area contributed by atoms with E-state index in [0.717, 1.165) is 32.1 Å². The monoisotopic (exact) mass is 296 g/mol. The molecule has 120 valence electrons. The maximum absolute atomic E-state index is 11.3. The van der Waals surface area contributed by atoms with Gasteiger partial charge in [-0.05, 0) is 25.7 Å². The van der Waals surface area contributed by atoms with E-state index >= 15 is 0 Å². The van der Waals surface area contributed by atoms with E-state index in [1.165, 1.54) is 19.3 Å². The number of carboxylic acid groups (broad SMARTS) is 1. The number of allylic oxidation sites excluding steroid dienone is 2. The summed E-state index contributed by atoms with van der Waals surface area (Å²) in [5.74, 6) is -1.67. The second-order valence-electron chi connectivity index (χ2n) is 5.13. The highest BCUT2D eigenvalue weighted by Gasteiger charge is 2.11. The molecule has 0 amide bonds. The summed E-state index contributed by atoms with van der Waals surface area (Å²) >= 11 is 0. The molecule has 21 heavy (non-hydrogen) atoms. The zero-order chi connectivity index (χ0) is 15.9. The zero-order valence-electron chi connectivity index (χ0n) is 13.1. The fourth-order valence-electron chi connectivity index (χ4n) is 1.80. The summed E-state index contributed by atoms with van der Waals surface area (Å²) in [7, 11) is 0. The first-order valence-electron chi connectivity index (χ1n) is 7.79. The number of carbonyl (C=O) groups excluding carboxylic acids is 1. The van der Waals surface area contributed by atoms with Gasteiger partial charge in [-0.2, -0.15) is 0 Å². The third-order valence-corrected chi connectivity index (χ3v) is 3.04. The van der Waals surface area contributed by atoms with Crippen LogP contribution in [-0.4, -0.2) is 23.7 Å². The molecule has 0 aliphatic heterocycles. The molecule has 0 rings (SSSR count). The van der Waals surface area contributed by atoms with Crippen molar-refractivity contribution in [1.29, 1.82) is 0 Å². The first-order chi connectivity index (χ1) is 10.1. The van der Waals surface area contributed by atoms with E-state index in [9.17, 15) is 9.59 Å². The molecule has 0 atom stereocenters. The Morgan fingerprint density at radius 1 is 1.05 bits per heavy atom. The second-order valence-corrected chi connectivity index (χ2v) is 5.13. The van der Waals surface area contributed by atoms with E-state index in [1.54, 1.807) is 0 Å². The molecule has 0 aromatic heterocycles. The van der Waals surface area contributed by atoms with Gasteiger partial charge < -0.3 is 9.84 Å². The van der Waals surface area contributed by atoms with Crippen LogP contribution < -0.4 is 0 Å². The van der Waals surface area contributed by atoms with Gasteiger partial charge in [-0.25, -0.2) is 4.79 Å². The molecule has 0 aromatic carbocycles. The molecule has 0 bridgehead atoms. The lowest BCUT2D eigenvalue weighted by molar-refractivity contribution is -0.142. The molecule has 0 saturated carbocycles. The molecule has 1 N–H and O–H groups in total. The van der Waals surface area contributed by atoms with Gasteiger partial charge in [-0.1, -0.05) is 51.3 Å². The highest BCUT2D eigenvalue weighted by Crippen LogP contribution is 2.06. The van der Waals surface area contributed by atoms with E-state index in [0.29, 0.717) is 6.61 Å². The number of hydrogen-bond acceptors (Lipinski definition) is 3. The molecule has 0 aromatic rings. The summed E-state index contributed by atoms with van der Waals surface area (Å²) in [4.78, 5) is 21.7. The molecule has 4 nitrogen and oxygen atoms in total. The number of ether oxygens (including phenoxy) is 1. The number of esters is 1. The lowest BCUT2D eigenvalue weighted by Crippen LogP contribution is -2.11. The van der Waals surface area contributed by atoms with Crippen molar-refractivity contribution in [2.45, 2.75) is 64.7 Å². The summed E-state index contributed by atoms with van der Waals surface area (Å²) < 4.78 is 4.96. The average molecular weight is 296 g/mol. The third kappa shape index (κ3) is 13.2. The van der Waals surface area contributed by atoms with Crippen molar-refractivity contribution in [2.24, 2.45) is 0 Å². The first kappa shape index (κ1) is 19.4. The SMILES string of the molecule is C=C(CC(=O)O)C(=O)OCCCCCCC=CCCCC. The standard InChI is InChI=1S/C17H28O4/c1-3-4-5-6-7-8-9-10-11-12-13-21-17(20)15(2)14-16(18)19/h6-7H,2-5,8-14H2,1H3,(H,18,19). The minimum absolute atomic E-state index is 0.000263. The lowest BCUT2D eigenvalue weighted by Gasteiger charge is -2.05. The van der Waals surface area contributed by atoms with Gasteiger partial charge in [0.25, 0.3) is 0 Å². The molecule has 0 saturated heterocycles. The molecule has 0 spiro atoms. The highest BCUT2D eigenvalue weighted by atomic mass is 16.5. The van der Waals surface area contributed by atoms with Gasteiger partial charge in [0, 0.05) is 5.57 Å². The van der Waals surface area contributed by atoms with Crippen LogP contribution in [0.4, 0.5) is 0 Å². The van der Waals surface area contributed by atoms with Crippen LogP contribution in [0.1, 0.15) is 64.7 Å². The van der Waals surface area contributed by atoms with Crippen molar-refractivity contribution in [3.05, 3.63) is 24.3 Å². The summed E-state index contributed by atoms with van der Waals surface area (Å²) in [6.45, 7) is 5.93. The number of unbranched alkanes of at least 4 members (excludes halogenated alkanes) is 6. The number of hydrogen-bond donors (Lipinski definition) is 1. The van der Waals surface area contributed by atoms with Gasteiger partial charge >= 0.3 is 11.9 Å². The van der Waals surface area contributed by atoms with Crippen LogP contribution >= 0.6 is 0 Å². The smallest absolute Gasteiger partial charge is 0.333 e. The fraction of sp³-hybridized carbons (Fsp3) is 0.647. The molecule has 0 aliphatic carbocycles. The molecule has 0 radical (unpaired) electrons. The van der Waals surface area contributed by atoms with Gasteiger partial charge in [0.1, 0.15) is 0 Å². The molecule has 4 heteroatoms. The van der Waals surface area contributed by atoms with Gasteiger partial charge in [0.05, 0.1) is 13.0 Å². The van der Waals surface area contributed by atoms with Gasteiger partial charge in [-0.3, -0.25) is 4.79 Å². The maximum Gasteiger partial charge on any atom is 0.333 e. The Bertz CT molecular complexity index is 345. The Labute approximate surface area is 127 Å². The number of carboxylic acids is 1. The Morgan fingerprint density at radius 3 is 2.29 bits per heavy atom. The van der Waals surface area contributed by atoms with E-state index in [-0.39, 0.29) is 12.0 Å². The largest absolute Gasteiger partial charge is 0.481 e. The summed E-state index contributed by atoms with van der Waals surface area (Å²) in [6.07, 6.45) is 13.0. The Kier molecular flexibility index (Phi) is 12.4. The predicted molar refractivity (Wildman–Crippen MR) is 84.1 cm³/mol. The van der Waals surface area contributed by atoms with Crippen LogP contribution in [0.15, 0.2) is 24.3 Å². The number of carbonyl (C=O) groups is 2. The molecule has 0 fully saturated rings. The summed E-state index contributed by atoms with van der Waals surface area (Å²) in [5, 5.41) is 8.52. The first-order valence-corrected chi connectivity index (χ1v) is 7.79. The normalized spacial score (nSPS) is 10.7. The average Bonchev–Trinajstić information content (AvgIpc) is 2.43. The van der Waals surface area contributed by atoms with E-state index in [1.807, 2.05) is 0 Å². The second kappa shape index (κ2) is 13.4. The topological polar surface area (TPSA) is 63.6 Å². The molecule has 0 unspecified atom stereocenters. The predicted octanol–water partition coefficient (Wildman–Crippen LogP) is 4.26. The van der Waals surface area contributed by atoms with Crippen molar-refractivity contribution >= 4 is 11.9 Å². The maximum atomic E-state index is 11.3. The molecular weight excluding hydrogens is 268 g/mol. The van der Waals surface area contributed by atoms with Crippen molar-refractivity contribution in [3.8, 4) is 0 Å². The van der Waals surface area contributed by atoms with Gasteiger partial charge in [-0.15, -0.1) is 0 Å². The van der Waals surface area contributed by atoms with E-state index < -0.39 is 11.9 Å². The van der Waals surface area contributed by atoms with Crippen LogP contribution in [0.2, 0.25) is 0 Å². The Morgan fingerprint density at radius 2 is 1.67 bits per heavy atom. The van der Waals surface area contributed by atoms with Crippen molar-refractivity contribution < 1.29 is 19.4 Å². The van der Waals surface area contributed by atoms with Crippen LogP contribution in [0.5, 0.6) is 0 Å². The molecule has 0 heterocycles.